The van der Waals surface area contributed by atoms with E-state index in [4.69, 9.17) is 5.11 Å². The first kappa shape index (κ1) is 29.0. The number of nitrogens with one attached hydrogen (secondary N) is 2. The van der Waals surface area contributed by atoms with E-state index >= 15 is 0 Å². The predicted molar refractivity (Wildman–Crippen MR) is 141 cm³/mol. The first-order chi connectivity index (χ1) is 16.9. The largest absolute Gasteiger partial charge is 0.389 e. The molecule has 0 bridgehead atoms. The van der Waals surface area contributed by atoms with Crippen LogP contribution in [0, 0.1) is 23.7 Å². The van der Waals surface area contributed by atoms with Crippen LogP contribution in [0.2, 0.25) is 0 Å². The fourth-order valence-electron chi connectivity index (χ4n) is 5.07. The number of carbonyl (C=O) groups is 3. The van der Waals surface area contributed by atoms with Gasteiger partial charge in [-0.05, 0) is 63.0 Å². The summed E-state index contributed by atoms with van der Waals surface area (Å²) in [4.78, 5) is 37.5. The lowest BCUT2D eigenvalue weighted by molar-refractivity contribution is -0.125. The molecule has 1 saturated carbocycles. The summed E-state index contributed by atoms with van der Waals surface area (Å²) in [6, 6.07) is 9.51. The zero-order chi connectivity index (χ0) is 25.5. The standard InChI is InChI=1S/C29H46N2O4/c1-3-24(29(35)31-26-18-8-5-9-19-26)15-11-17-25(16-10-12-22(2)27(33)21-32)28(34)30-20-23-13-6-4-7-14-23/h5,8-9,18-19,22-25,32H,3-4,6-7,10-17,20-21H2,1-2H3,(H,30,34)(H,31,35). The van der Waals surface area contributed by atoms with Crippen LogP contribution >= 0.6 is 0 Å². The maximum Gasteiger partial charge on any atom is 0.227 e. The third-order valence-corrected chi connectivity index (χ3v) is 7.57. The highest BCUT2D eigenvalue weighted by atomic mass is 16.3. The Morgan fingerprint density at radius 2 is 1.54 bits per heavy atom. The molecule has 1 aromatic rings. The lowest BCUT2D eigenvalue weighted by Crippen LogP contribution is -2.35. The molecule has 196 valence electrons. The number of rotatable bonds is 16. The van der Waals surface area contributed by atoms with Crippen molar-refractivity contribution in [3.63, 3.8) is 0 Å². The van der Waals surface area contributed by atoms with Crippen LogP contribution in [0.3, 0.4) is 0 Å². The van der Waals surface area contributed by atoms with Crippen LogP contribution in [-0.4, -0.2) is 35.9 Å². The summed E-state index contributed by atoms with van der Waals surface area (Å²) >= 11 is 0. The highest BCUT2D eigenvalue weighted by molar-refractivity contribution is 5.92. The second kappa shape index (κ2) is 16.5. The van der Waals surface area contributed by atoms with Crippen LogP contribution in [0.5, 0.6) is 0 Å². The van der Waals surface area contributed by atoms with Crippen molar-refractivity contribution in [2.24, 2.45) is 23.7 Å². The number of aliphatic hydroxyl groups is 1. The normalized spacial score (nSPS) is 16.8. The van der Waals surface area contributed by atoms with Crippen LogP contribution < -0.4 is 10.6 Å². The number of carbonyl (C=O) groups excluding carboxylic acids is 3. The first-order valence-electron chi connectivity index (χ1n) is 13.7. The molecule has 6 heteroatoms. The Balaban J connectivity index is 1.86. The van der Waals surface area contributed by atoms with Crippen molar-refractivity contribution in [2.75, 3.05) is 18.5 Å². The Hall–Kier alpha value is -2.21. The smallest absolute Gasteiger partial charge is 0.227 e. The number of ketones is 1. The van der Waals surface area contributed by atoms with Crippen LogP contribution in [-0.2, 0) is 14.4 Å². The molecule has 0 spiro atoms. The third kappa shape index (κ3) is 10.9. The third-order valence-electron chi connectivity index (χ3n) is 7.57. The maximum absolute atomic E-state index is 13.1. The van der Waals surface area contributed by atoms with E-state index in [1.807, 2.05) is 44.2 Å². The molecule has 2 rings (SSSR count). The highest BCUT2D eigenvalue weighted by Gasteiger charge is 2.23. The lowest BCUT2D eigenvalue weighted by atomic mass is 9.88. The van der Waals surface area contributed by atoms with Crippen LogP contribution in [0.4, 0.5) is 5.69 Å². The Kier molecular flexibility index (Phi) is 13.6. The van der Waals surface area contributed by atoms with Gasteiger partial charge in [0, 0.05) is 30.0 Å². The van der Waals surface area contributed by atoms with Gasteiger partial charge >= 0.3 is 0 Å². The number of hydrogen-bond acceptors (Lipinski definition) is 4. The average molecular weight is 487 g/mol. The van der Waals surface area contributed by atoms with Crippen molar-refractivity contribution >= 4 is 23.3 Å². The number of anilines is 1. The van der Waals surface area contributed by atoms with E-state index in [0.29, 0.717) is 12.3 Å². The SMILES string of the molecule is CCC(CCCC(CCCC(C)C(=O)CO)C(=O)NCC1CCCCC1)C(=O)Nc1ccccc1. The van der Waals surface area contributed by atoms with Crippen molar-refractivity contribution in [2.45, 2.75) is 90.9 Å². The van der Waals surface area contributed by atoms with Gasteiger partial charge in [-0.3, -0.25) is 14.4 Å². The van der Waals surface area contributed by atoms with Gasteiger partial charge in [-0.25, -0.2) is 0 Å². The van der Waals surface area contributed by atoms with Gasteiger partial charge < -0.3 is 15.7 Å². The van der Waals surface area contributed by atoms with E-state index in [1.54, 1.807) is 0 Å². The average Bonchev–Trinajstić information content (AvgIpc) is 2.89. The zero-order valence-corrected chi connectivity index (χ0v) is 21.8. The summed E-state index contributed by atoms with van der Waals surface area (Å²) in [7, 11) is 0. The molecule has 0 heterocycles. The van der Waals surface area contributed by atoms with Gasteiger partial charge in [0.2, 0.25) is 11.8 Å². The molecule has 0 aromatic heterocycles. The van der Waals surface area contributed by atoms with Crippen molar-refractivity contribution < 1.29 is 19.5 Å². The van der Waals surface area contributed by atoms with Gasteiger partial charge in [0.15, 0.2) is 5.78 Å². The van der Waals surface area contributed by atoms with Crippen LogP contribution in [0.1, 0.15) is 90.9 Å². The number of para-hydroxylation sites is 1. The molecule has 3 N–H and O–H groups in total. The van der Waals surface area contributed by atoms with Gasteiger partial charge in [-0.15, -0.1) is 0 Å². The molecular weight excluding hydrogens is 440 g/mol. The summed E-state index contributed by atoms with van der Waals surface area (Å²) in [6.45, 7) is 4.21. The monoisotopic (exact) mass is 486 g/mol. The summed E-state index contributed by atoms with van der Waals surface area (Å²) in [5.74, 6) is 0.220. The number of benzene rings is 1. The first-order valence-corrected chi connectivity index (χ1v) is 13.7. The fraction of sp³-hybridized carbons (Fsp3) is 0.690. The summed E-state index contributed by atoms with van der Waals surface area (Å²) in [6.07, 6.45) is 11.5. The molecule has 3 atom stereocenters. The maximum atomic E-state index is 13.1. The lowest BCUT2D eigenvalue weighted by Gasteiger charge is -2.24. The van der Waals surface area contributed by atoms with Crippen molar-refractivity contribution in [1.82, 2.24) is 5.32 Å². The summed E-state index contributed by atoms with van der Waals surface area (Å²) < 4.78 is 0. The molecule has 3 unspecified atom stereocenters. The Labute approximate surface area is 211 Å². The Bertz CT molecular complexity index is 761. The van der Waals surface area contributed by atoms with Crippen LogP contribution in [0.15, 0.2) is 30.3 Å². The van der Waals surface area contributed by atoms with E-state index < -0.39 is 6.61 Å². The van der Waals surface area contributed by atoms with Crippen LogP contribution in [0.25, 0.3) is 0 Å². The number of Topliss-reactive ketones (excluding diaryl/α,β-unsaturated/α-hetero) is 1. The summed E-state index contributed by atoms with van der Waals surface area (Å²) in [5, 5.41) is 15.3. The van der Waals surface area contributed by atoms with Gasteiger partial charge in [0.1, 0.15) is 6.61 Å². The quantitative estimate of drug-likeness (QED) is 0.287. The Morgan fingerprint density at radius 3 is 2.17 bits per heavy atom. The van der Waals surface area contributed by atoms with E-state index in [2.05, 4.69) is 10.6 Å². The van der Waals surface area contributed by atoms with E-state index in [9.17, 15) is 14.4 Å². The van der Waals surface area contributed by atoms with Crippen molar-refractivity contribution in [3.8, 4) is 0 Å². The summed E-state index contributed by atoms with van der Waals surface area (Å²) in [5.41, 5.74) is 0.808. The molecule has 1 aliphatic rings. The fourth-order valence-corrected chi connectivity index (χ4v) is 5.07. The number of hydrogen-bond donors (Lipinski definition) is 3. The van der Waals surface area contributed by atoms with Gasteiger partial charge in [0.25, 0.3) is 0 Å². The van der Waals surface area contributed by atoms with Gasteiger partial charge in [-0.2, -0.15) is 0 Å². The molecule has 0 aliphatic heterocycles. The molecule has 0 saturated heterocycles. The molecule has 1 aromatic carbocycles. The van der Waals surface area contributed by atoms with Crippen molar-refractivity contribution in [1.29, 1.82) is 0 Å². The topological polar surface area (TPSA) is 95.5 Å². The second-order valence-electron chi connectivity index (χ2n) is 10.3. The minimum absolute atomic E-state index is 0.0355. The molecule has 0 radical (unpaired) electrons. The van der Waals surface area contributed by atoms with Gasteiger partial charge in [0.05, 0.1) is 0 Å². The molecule has 1 fully saturated rings. The van der Waals surface area contributed by atoms with E-state index in [0.717, 1.165) is 50.8 Å². The highest BCUT2D eigenvalue weighted by Crippen LogP contribution is 2.25. The Morgan fingerprint density at radius 1 is 0.914 bits per heavy atom. The molecule has 2 amide bonds. The number of amides is 2. The predicted octanol–water partition coefficient (Wildman–Crippen LogP) is 5.50. The number of aliphatic hydroxyl groups excluding tert-OH is 1. The van der Waals surface area contributed by atoms with E-state index in [-0.39, 0.29) is 35.4 Å². The minimum Gasteiger partial charge on any atom is -0.389 e. The zero-order valence-electron chi connectivity index (χ0n) is 21.8. The van der Waals surface area contributed by atoms with E-state index in [1.165, 1.54) is 32.1 Å². The second-order valence-corrected chi connectivity index (χ2v) is 10.3. The minimum atomic E-state index is -0.421. The molecule has 35 heavy (non-hydrogen) atoms. The molecule has 1 aliphatic carbocycles. The molecular formula is C29H46N2O4. The van der Waals surface area contributed by atoms with Crippen molar-refractivity contribution in [3.05, 3.63) is 30.3 Å². The van der Waals surface area contributed by atoms with Gasteiger partial charge in [-0.1, -0.05) is 64.2 Å². The molecule has 6 nitrogen and oxygen atoms in total.